The summed E-state index contributed by atoms with van der Waals surface area (Å²) in [4.78, 5) is 24.3. The number of anilines is 1. The summed E-state index contributed by atoms with van der Waals surface area (Å²) in [5, 5.41) is 4.67. The Balaban J connectivity index is 1.80. The van der Waals surface area contributed by atoms with Gasteiger partial charge in [0.1, 0.15) is 28.7 Å². The number of carbonyl (C=O) groups excluding carboxylic acids is 2. The Labute approximate surface area is 183 Å². The standard InChI is InChI=1S/C23H19ClF2N2O3/c1-12-7-4-5-10-18(12)31-21-13(2)11-17(14(3)20(21)24)27-23(30)28-22(29)19-15(25)8-6-9-16(19)26/h4-11H,1-3H3,(H2,27,28,29,30). The molecule has 3 amide bonds. The van der Waals surface area contributed by atoms with Crippen molar-refractivity contribution < 1.29 is 23.1 Å². The fraction of sp³-hybridized carbons (Fsp3) is 0.130. The van der Waals surface area contributed by atoms with Crippen molar-refractivity contribution in [3.63, 3.8) is 0 Å². The van der Waals surface area contributed by atoms with Gasteiger partial charge in [-0.05, 0) is 61.7 Å². The van der Waals surface area contributed by atoms with Crippen molar-refractivity contribution >= 4 is 29.2 Å². The van der Waals surface area contributed by atoms with Gasteiger partial charge in [0.15, 0.2) is 0 Å². The molecule has 0 aliphatic carbocycles. The summed E-state index contributed by atoms with van der Waals surface area (Å²) in [6, 6.07) is 11.1. The predicted molar refractivity (Wildman–Crippen MR) is 115 cm³/mol. The number of hydrogen-bond acceptors (Lipinski definition) is 3. The Kier molecular flexibility index (Phi) is 6.56. The van der Waals surface area contributed by atoms with E-state index in [0.29, 0.717) is 28.3 Å². The molecule has 0 aliphatic rings. The molecule has 0 bridgehead atoms. The highest BCUT2D eigenvalue weighted by molar-refractivity contribution is 6.33. The van der Waals surface area contributed by atoms with Crippen LogP contribution in [0.4, 0.5) is 19.3 Å². The predicted octanol–water partition coefficient (Wildman–Crippen LogP) is 6.30. The van der Waals surface area contributed by atoms with Crippen LogP contribution in [0.15, 0.2) is 48.5 Å². The van der Waals surface area contributed by atoms with E-state index in [2.05, 4.69) is 5.32 Å². The van der Waals surface area contributed by atoms with Gasteiger partial charge in [-0.25, -0.2) is 13.6 Å². The number of imide groups is 1. The van der Waals surface area contributed by atoms with Crippen LogP contribution in [0.1, 0.15) is 27.0 Å². The zero-order chi connectivity index (χ0) is 22.7. The average Bonchev–Trinajstić information content (AvgIpc) is 2.70. The molecule has 2 N–H and O–H groups in total. The number of rotatable bonds is 4. The topological polar surface area (TPSA) is 67.4 Å². The van der Waals surface area contributed by atoms with E-state index < -0.39 is 29.1 Å². The second kappa shape index (κ2) is 9.14. The van der Waals surface area contributed by atoms with E-state index in [-0.39, 0.29) is 5.02 Å². The van der Waals surface area contributed by atoms with Crippen molar-refractivity contribution in [3.8, 4) is 11.5 Å². The third-order valence-corrected chi connectivity index (χ3v) is 5.08. The zero-order valence-corrected chi connectivity index (χ0v) is 17.7. The smallest absolute Gasteiger partial charge is 0.326 e. The number of nitrogens with one attached hydrogen (secondary N) is 2. The van der Waals surface area contributed by atoms with Crippen LogP contribution in [-0.4, -0.2) is 11.9 Å². The quantitative estimate of drug-likeness (QED) is 0.496. The molecule has 0 aliphatic heterocycles. The number of aryl methyl sites for hydroxylation is 2. The molecule has 160 valence electrons. The third kappa shape index (κ3) is 4.83. The zero-order valence-electron chi connectivity index (χ0n) is 17.0. The molecule has 0 unspecified atom stereocenters. The first-order chi connectivity index (χ1) is 14.7. The Morgan fingerprint density at radius 1 is 0.935 bits per heavy atom. The molecule has 0 saturated heterocycles. The molecule has 0 radical (unpaired) electrons. The fourth-order valence-corrected chi connectivity index (χ4v) is 3.21. The van der Waals surface area contributed by atoms with Crippen LogP contribution in [0.5, 0.6) is 11.5 Å². The van der Waals surface area contributed by atoms with E-state index in [1.807, 2.05) is 36.5 Å². The van der Waals surface area contributed by atoms with Crippen LogP contribution >= 0.6 is 11.6 Å². The molecule has 0 fully saturated rings. The van der Waals surface area contributed by atoms with Crippen molar-refractivity contribution in [2.24, 2.45) is 0 Å². The van der Waals surface area contributed by atoms with Crippen LogP contribution < -0.4 is 15.4 Å². The molecule has 0 aromatic heterocycles. The van der Waals surface area contributed by atoms with E-state index in [0.717, 1.165) is 23.8 Å². The molecule has 0 saturated carbocycles. The number of halogens is 3. The molecule has 3 rings (SSSR count). The number of ether oxygens (including phenoxy) is 1. The lowest BCUT2D eigenvalue weighted by atomic mass is 10.1. The largest absolute Gasteiger partial charge is 0.455 e. The van der Waals surface area contributed by atoms with E-state index >= 15 is 0 Å². The summed E-state index contributed by atoms with van der Waals surface area (Å²) in [7, 11) is 0. The minimum Gasteiger partial charge on any atom is -0.455 e. The lowest BCUT2D eigenvalue weighted by molar-refractivity contribution is 0.0959. The molecule has 0 atom stereocenters. The first-order valence-electron chi connectivity index (χ1n) is 9.28. The van der Waals surface area contributed by atoms with Gasteiger partial charge in [0, 0.05) is 5.69 Å². The van der Waals surface area contributed by atoms with Gasteiger partial charge in [-0.2, -0.15) is 0 Å². The summed E-state index contributed by atoms with van der Waals surface area (Å²) in [5.41, 5.74) is 1.54. The summed E-state index contributed by atoms with van der Waals surface area (Å²) in [6.45, 7) is 5.32. The number of carbonyl (C=O) groups is 2. The van der Waals surface area contributed by atoms with Gasteiger partial charge in [-0.1, -0.05) is 35.9 Å². The van der Waals surface area contributed by atoms with Crippen LogP contribution in [0, 0.1) is 32.4 Å². The summed E-state index contributed by atoms with van der Waals surface area (Å²) >= 11 is 6.47. The first kappa shape index (κ1) is 22.2. The van der Waals surface area contributed by atoms with Crippen LogP contribution in [-0.2, 0) is 0 Å². The summed E-state index contributed by atoms with van der Waals surface area (Å²) < 4.78 is 33.4. The molecular formula is C23H19ClF2N2O3. The monoisotopic (exact) mass is 444 g/mol. The number of urea groups is 1. The SMILES string of the molecule is Cc1ccccc1Oc1c(C)cc(NC(=O)NC(=O)c2c(F)cccc2F)c(C)c1Cl. The van der Waals surface area contributed by atoms with Crippen molar-refractivity contribution in [2.75, 3.05) is 5.32 Å². The molecule has 3 aromatic carbocycles. The Hall–Kier alpha value is -3.45. The average molecular weight is 445 g/mol. The summed E-state index contributed by atoms with van der Waals surface area (Å²) in [5.74, 6) is -2.27. The Morgan fingerprint density at radius 2 is 1.58 bits per heavy atom. The van der Waals surface area contributed by atoms with E-state index in [4.69, 9.17) is 16.3 Å². The Morgan fingerprint density at radius 3 is 2.23 bits per heavy atom. The van der Waals surface area contributed by atoms with E-state index in [1.165, 1.54) is 0 Å². The second-order valence-electron chi connectivity index (χ2n) is 6.88. The van der Waals surface area contributed by atoms with Gasteiger partial charge < -0.3 is 10.1 Å². The molecule has 8 heteroatoms. The van der Waals surface area contributed by atoms with E-state index in [1.54, 1.807) is 19.9 Å². The minimum atomic E-state index is -1.20. The molecular weight excluding hydrogens is 426 g/mol. The van der Waals surface area contributed by atoms with Crippen LogP contribution in [0.25, 0.3) is 0 Å². The fourth-order valence-electron chi connectivity index (χ4n) is 2.92. The number of benzene rings is 3. The van der Waals surface area contributed by atoms with Gasteiger partial charge >= 0.3 is 6.03 Å². The van der Waals surface area contributed by atoms with Gasteiger partial charge in [0.25, 0.3) is 5.91 Å². The van der Waals surface area contributed by atoms with E-state index in [9.17, 15) is 18.4 Å². The van der Waals surface area contributed by atoms with Gasteiger partial charge in [-0.15, -0.1) is 0 Å². The Bertz CT molecular complexity index is 1160. The molecule has 0 heterocycles. The van der Waals surface area contributed by atoms with Crippen LogP contribution in [0.3, 0.4) is 0 Å². The maximum absolute atomic E-state index is 13.7. The van der Waals surface area contributed by atoms with Gasteiger partial charge in [0.2, 0.25) is 0 Å². The molecule has 3 aromatic rings. The number of amides is 3. The molecule has 5 nitrogen and oxygen atoms in total. The maximum Gasteiger partial charge on any atom is 0.326 e. The first-order valence-corrected chi connectivity index (χ1v) is 9.66. The number of para-hydroxylation sites is 1. The van der Waals surface area contributed by atoms with Crippen LogP contribution in [0.2, 0.25) is 5.02 Å². The van der Waals surface area contributed by atoms with Gasteiger partial charge in [-0.3, -0.25) is 10.1 Å². The normalized spacial score (nSPS) is 10.5. The van der Waals surface area contributed by atoms with Crippen molar-refractivity contribution in [1.82, 2.24) is 5.32 Å². The third-order valence-electron chi connectivity index (χ3n) is 4.62. The number of hydrogen-bond donors (Lipinski definition) is 2. The second-order valence-corrected chi connectivity index (χ2v) is 7.26. The van der Waals surface area contributed by atoms with Crippen molar-refractivity contribution in [1.29, 1.82) is 0 Å². The highest BCUT2D eigenvalue weighted by Crippen LogP contribution is 2.39. The van der Waals surface area contributed by atoms with Crippen molar-refractivity contribution in [3.05, 3.63) is 87.4 Å². The minimum absolute atomic E-state index is 0.282. The van der Waals surface area contributed by atoms with Gasteiger partial charge in [0.05, 0.1) is 5.02 Å². The highest BCUT2D eigenvalue weighted by atomic mass is 35.5. The summed E-state index contributed by atoms with van der Waals surface area (Å²) in [6.07, 6.45) is 0. The molecule has 0 spiro atoms. The maximum atomic E-state index is 13.7. The molecule has 31 heavy (non-hydrogen) atoms. The van der Waals surface area contributed by atoms with Crippen molar-refractivity contribution in [2.45, 2.75) is 20.8 Å². The highest BCUT2D eigenvalue weighted by Gasteiger charge is 2.21. The lowest BCUT2D eigenvalue weighted by Gasteiger charge is -2.17. The lowest BCUT2D eigenvalue weighted by Crippen LogP contribution is -2.35.